The quantitative estimate of drug-likeness (QED) is 0.805. The lowest BCUT2D eigenvalue weighted by molar-refractivity contribution is 0.405. The molecule has 0 aliphatic heterocycles. The SMILES string of the molecule is CCC(C)c1cc(CCN)ccc1OC. The predicted molar refractivity (Wildman–Crippen MR) is 64.5 cm³/mol. The van der Waals surface area contributed by atoms with E-state index in [1.165, 1.54) is 11.1 Å². The summed E-state index contributed by atoms with van der Waals surface area (Å²) < 4.78 is 5.37. The lowest BCUT2D eigenvalue weighted by atomic mass is 9.95. The number of nitrogens with two attached hydrogens (primary N) is 1. The van der Waals surface area contributed by atoms with Crippen LogP contribution in [-0.2, 0) is 6.42 Å². The van der Waals surface area contributed by atoms with Crippen molar-refractivity contribution < 1.29 is 4.74 Å². The van der Waals surface area contributed by atoms with Gasteiger partial charge in [-0.15, -0.1) is 0 Å². The Labute approximate surface area is 92.4 Å². The fourth-order valence-corrected chi connectivity index (χ4v) is 1.71. The fraction of sp³-hybridized carbons (Fsp3) is 0.538. The van der Waals surface area contributed by atoms with Gasteiger partial charge in [0.25, 0.3) is 0 Å². The van der Waals surface area contributed by atoms with Gasteiger partial charge in [-0.3, -0.25) is 0 Å². The molecule has 0 aromatic heterocycles. The molecule has 2 heteroatoms. The summed E-state index contributed by atoms with van der Waals surface area (Å²) in [5, 5.41) is 0. The average Bonchev–Trinajstić information content (AvgIpc) is 2.28. The van der Waals surface area contributed by atoms with Crippen molar-refractivity contribution in [3.05, 3.63) is 29.3 Å². The van der Waals surface area contributed by atoms with Crippen LogP contribution in [-0.4, -0.2) is 13.7 Å². The summed E-state index contributed by atoms with van der Waals surface area (Å²) in [4.78, 5) is 0. The molecular weight excluding hydrogens is 186 g/mol. The van der Waals surface area contributed by atoms with Gasteiger partial charge in [0.1, 0.15) is 5.75 Å². The van der Waals surface area contributed by atoms with E-state index >= 15 is 0 Å². The van der Waals surface area contributed by atoms with Crippen molar-refractivity contribution in [1.29, 1.82) is 0 Å². The van der Waals surface area contributed by atoms with Crippen LogP contribution < -0.4 is 10.5 Å². The fourth-order valence-electron chi connectivity index (χ4n) is 1.71. The first-order chi connectivity index (χ1) is 7.22. The molecule has 0 aliphatic rings. The number of benzene rings is 1. The van der Waals surface area contributed by atoms with Gasteiger partial charge >= 0.3 is 0 Å². The molecule has 0 spiro atoms. The first-order valence-corrected chi connectivity index (χ1v) is 5.59. The molecule has 0 saturated heterocycles. The van der Waals surface area contributed by atoms with Crippen molar-refractivity contribution in [2.24, 2.45) is 5.73 Å². The van der Waals surface area contributed by atoms with E-state index in [0.717, 1.165) is 18.6 Å². The van der Waals surface area contributed by atoms with Gasteiger partial charge in [0.2, 0.25) is 0 Å². The third-order valence-electron chi connectivity index (χ3n) is 2.87. The highest BCUT2D eigenvalue weighted by Gasteiger charge is 2.10. The molecular formula is C13H21NO. The van der Waals surface area contributed by atoms with E-state index in [1.54, 1.807) is 7.11 Å². The Morgan fingerprint density at radius 1 is 1.40 bits per heavy atom. The minimum absolute atomic E-state index is 0.540. The van der Waals surface area contributed by atoms with Gasteiger partial charge in [-0.05, 0) is 42.5 Å². The monoisotopic (exact) mass is 207 g/mol. The summed E-state index contributed by atoms with van der Waals surface area (Å²) in [6.45, 7) is 5.12. The average molecular weight is 207 g/mol. The Hall–Kier alpha value is -1.02. The molecule has 15 heavy (non-hydrogen) atoms. The lowest BCUT2D eigenvalue weighted by Gasteiger charge is -2.15. The van der Waals surface area contributed by atoms with Crippen LogP contribution in [0.1, 0.15) is 37.3 Å². The zero-order chi connectivity index (χ0) is 11.3. The maximum absolute atomic E-state index is 5.56. The Kier molecular flexibility index (Phi) is 4.63. The third kappa shape index (κ3) is 2.96. The minimum atomic E-state index is 0.540. The zero-order valence-corrected chi connectivity index (χ0v) is 9.92. The summed E-state index contributed by atoms with van der Waals surface area (Å²) in [7, 11) is 1.73. The lowest BCUT2D eigenvalue weighted by Crippen LogP contribution is -2.04. The number of ether oxygens (including phenoxy) is 1. The van der Waals surface area contributed by atoms with Gasteiger partial charge in [-0.25, -0.2) is 0 Å². The van der Waals surface area contributed by atoms with Crippen LogP contribution in [0.25, 0.3) is 0 Å². The molecule has 0 heterocycles. The predicted octanol–water partition coefficient (Wildman–Crippen LogP) is 2.71. The summed E-state index contributed by atoms with van der Waals surface area (Å²) in [6.07, 6.45) is 2.07. The highest BCUT2D eigenvalue weighted by Crippen LogP contribution is 2.29. The first-order valence-electron chi connectivity index (χ1n) is 5.59. The standard InChI is InChI=1S/C13H21NO/c1-4-10(2)12-9-11(7-8-14)5-6-13(12)15-3/h5-6,9-10H,4,7-8,14H2,1-3H3. The summed E-state index contributed by atoms with van der Waals surface area (Å²) >= 11 is 0. The number of hydrogen-bond donors (Lipinski definition) is 1. The maximum Gasteiger partial charge on any atom is 0.122 e. The Morgan fingerprint density at radius 2 is 2.13 bits per heavy atom. The van der Waals surface area contributed by atoms with Crippen molar-refractivity contribution >= 4 is 0 Å². The normalized spacial score (nSPS) is 12.5. The van der Waals surface area contributed by atoms with E-state index in [4.69, 9.17) is 10.5 Å². The van der Waals surface area contributed by atoms with E-state index in [1.807, 2.05) is 6.07 Å². The largest absolute Gasteiger partial charge is 0.496 e. The topological polar surface area (TPSA) is 35.2 Å². The van der Waals surface area contributed by atoms with Gasteiger partial charge < -0.3 is 10.5 Å². The van der Waals surface area contributed by atoms with Crippen LogP contribution in [0.2, 0.25) is 0 Å². The van der Waals surface area contributed by atoms with Crippen LogP contribution >= 0.6 is 0 Å². The van der Waals surface area contributed by atoms with Crippen LogP contribution in [0.15, 0.2) is 18.2 Å². The van der Waals surface area contributed by atoms with Crippen LogP contribution in [0, 0.1) is 0 Å². The second kappa shape index (κ2) is 5.76. The first kappa shape index (κ1) is 12.1. The van der Waals surface area contributed by atoms with Crippen molar-refractivity contribution in [2.45, 2.75) is 32.6 Å². The molecule has 0 saturated carbocycles. The number of rotatable bonds is 5. The highest BCUT2D eigenvalue weighted by molar-refractivity contribution is 5.39. The Bertz CT molecular complexity index is 309. The van der Waals surface area contributed by atoms with Crippen molar-refractivity contribution in [3.63, 3.8) is 0 Å². The smallest absolute Gasteiger partial charge is 0.122 e. The van der Waals surface area contributed by atoms with Gasteiger partial charge in [0.05, 0.1) is 7.11 Å². The molecule has 1 unspecified atom stereocenters. The van der Waals surface area contributed by atoms with Gasteiger partial charge in [0.15, 0.2) is 0 Å². The Morgan fingerprint density at radius 3 is 2.67 bits per heavy atom. The molecule has 1 rings (SSSR count). The van der Waals surface area contributed by atoms with Gasteiger partial charge in [0, 0.05) is 0 Å². The van der Waals surface area contributed by atoms with Crippen LogP contribution in [0.4, 0.5) is 0 Å². The summed E-state index contributed by atoms with van der Waals surface area (Å²) in [6, 6.07) is 6.36. The molecule has 1 aromatic rings. The molecule has 0 amide bonds. The van der Waals surface area contributed by atoms with E-state index in [9.17, 15) is 0 Å². The van der Waals surface area contributed by atoms with E-state index in [0.29, 0.717) is 12.5 Å². The molecule has 1 atom stereocenters. The molecule has 0 radical (unpaired) electrons. The number of hydrogen-bond acceptors (Lipinski definition) is 2. The summed E-state index contributed by atoms with van der Waals surface area (Å²) in [5.41, 5.74) is 8.16. The Balaban J connectivity index is 3.01. The second-order valence-corrected chi connectivity index (χ2v) is 3.92. The van der Waals surface area contributed by atoms with Gasteiger partial charge in [-0.2, -0.15) is 0 Å². The van der Waals surface area contributed by atoms with Gasteiger partial charge in [-0.1, -0.05) is 26.0 Å². The maximum atomic E-state index is 5.56. The molecule has 0 bridgehead atoms. The van der Waals surface area contributed by atoms with Crippen molar-refractivity contribution in [2.75, 3.05) is 13.7 Å². The molecule has 2 N–H and O–H groups in total. The molecule has 0 fully saturated rings. The molecule has 1 aromatic carbocycles. The van der Waals surface area contributed by atoms with Crippen LogP contribution in [0.5, 0.6) is 5.75 Å². The van der Waals surface area contributed by atoms with Crippen molar-refractivity contribution in [1.82, 2.24) is 0 Å². The third-order valence-corrected chi connectivity index (χ3v) is 2.87. The molecule has 2 nitrogen and oxygen atoms in total. The van der Waals surface area contributed by atoms with E-state index in [2.05, 4.69) is 26.0 Å². The molecule has 0 aliphatic carbocycles. The number of methoxy groups -OCH3 is 1. The highest BCUT2D eigenvalue weighted by atomic mass is 16.5. The van der Waals surface area contributed by atoms with Crippen molar-refractivity contribution in [3.8, 4) is 5.75 Å². The second-order valence-electron chi connectivity index (χ2n) is 3.92. The minimum Gasteiger partial charge on any atom is -0.496 e. The molecule has 84 valence electrons. The van der Waals surface area contributed by atoms with E-state index in [-0.39, 0.29) is 0 Å². The van der Waals surface area contributed by atoms with E-state index < -0.39 is 0 Å². The zero-order valence-electron chi connectivity index (χ0n) is 9.92. The van der Waals surface area contributed by atoms with Crippen LogP contribution in [0.3, 0.4) is 0 Å². The summed E-state index contributed by atoms with van der Waals surface area (Å²) in [5.74, 6) is 1.53.